The first-order valence-electron chi connectivity index (χ1n) is 5.10. The lowest BCUT2D eigenvalue weighted by Gasteiger charge is -2.08. The van der Waals surface area contributed by atoms with Gasteiger partial charge in [0.15, 0.2) is 5.82 Å². The van der Waals surface area contributed by atoms with Gasteiger partial charge < -0.3 is 5.11 Å². The minimum Gasteiger partial charge on any atom is -0.481 e. The third-order valence-electron chi connectivity index (χ3n) is 2.15. The highest BCUT2D eigenvalue weighted by Gasteiger charge is 2.21. The van der Waals surface area contributed by atoms with Crippen LogP contribution in [0.3, 0.4) is 0 Å². The molecule has 19 heavy (non-hydrogen) atoms. The van der Waals surface area contributed by atoms with E-state index in [4.69, 9.17) is 28.3 Å². The predicted molar refractivity (Wildman–Crippen MR) is 68.5 cm³/mol. The summed E-state index contributed by atoms with van der Waals surface area (Å²) in [6, 6.07) is 2.15. The van der Waals surface area contributed by atoms with E-state index in [1.807, 2.05) is 0 Å². The fraction of sp³-hybridized carbons (Fsp3) is 0.300. The van der Waals surface area contributed by atoms with E-state index in [9.17, 15) is 17.6 Å². The fourth-order valence-corrected chi connectivity index (χ4v) is 3.06. The minimum atomic E-state index is -4.00. The van der Waals surface area contributed by atoms with Gasteiger partial charge in [0.05, 0.1) is 10.0 Å². The molecule has 0 radical (unpaired) electrons. The largest absolute Gasteiger partial charge is 0.481 e. The Kier molecular flexibility index (Phi) is 5.54. The highest BCUT2D eigenvalue weighted by molar-refractivity contribution is 7.89. The highest BCUT2D eigenvalue weighted by atomic mass is 35.5. The number of nitrogens with one attached hydrogen (secondary N) is 1. The highest BCUT2D eigenvalue weighted by Crippen LogP contribution is 2.29. The van der Waals surface area contributed by atoms with Crippen LogP contribution in [0.15, 0.2) is 17.0 Å². The van der Waals surface area contributed by atoms with Gasteiger partial charge in [-0.2, -0.15) is 0 Å². The molecule has 5 nitrogen and oxygen atoms in total. The molecule has 1 rings (SSSR count). The van der Waals surface area contributed by atoms with Crippen LogP contribution in [0.4, 0.5) is 4.39 Å². The van der Waals surface area contributed by atoms with Gasteiger partial charge in [0.25, 0.3) is 0 Å². The molecule has 0 bridgehead atoms. The van der Waals surface area contributed by atoms with Crippen LogP contribution in [0.5, 0.6) is 0 Å². The molecule has 1 aromatic rings. The summed E-state index contributed by atoms with van der Waals surface area (Å²) >= 11 is 11.0. The van der Waals surface area contributed by atoms with Crippen LogP contribution in [-0.4, -0.2) is 26.0 Å². The normalized spacial score (nSPS) is 11.5. The maximum atomic E-state index is 13.4. The Bertz CT molecular complexity index is 591. The molecule has 0 aliphatic carbocycles. The van der Waals surface area contributed by atoms with E-state index in [0.29, 0.717) is 0 Å². The number of sulfonamides is 1. The zero-order chi connectivity index (χ0) is 14.6. The van der Waals surface area contributed by atoms with E-state index in [-0.39, 0.29) is 24.4 Å². The monoisotopic (exact) mass is 329 g/mol. The van der Waals surface area contributed by atoms with Crippen LogP contribution in [0, 0.1) is 5.82 Å². The molecule has 0 atom stereocenters. The van der Waals surface area contributed by atoms with Crippen LogP contribution in [-0.2, 0) is 14.8 Å². The van der Waals surface area contributed by atoms with Gasteiger partial charge in [-0.15, -0.1) is 0 Å². The number of aliphatic carboxylic acids is 1. The van der Waals surface area contributed by atoms with Gasteiger partial charge >= 0.3 is 5.97 Å². The molecule has 1 aromatic carbocycles. The maximum Gasteiger partial charge on any atom is 0.303 e. The van der Waals surface area contributed by atoms with Gasteiger partial charge in [-0.05, 0) is 18.6 Å². The average molecular weight is 330 g/mol. The fourth-order valence-electron chi connectivity index (χ4n) is 1.24. The first kappa shape index (κ1) is 16.2. The molecule has 2 N–H and O–H groups in total. The number of rotatable bonds is 6. The van der Waals surface area contributed by atoms with Crippen LogP contribution in [0.2, 0.25) is 10.0 Å². The molecule has 0 fully saturated rings. The van der Waals surface area contributed by atoms with E-state index in [2.05, 4.69) is 4.72 Å². The summed E-state index contributed by atoms with van der Waals surface area (Å²) in [6.45, 7) is -0.0881. The predicted octanol–water partition coefficient (Wildman–Crippen LogP) is 2.28. The second kappa shape index (κ2) is 6.51. The average Bonchev–Trinajstić information content (AvgIpc) is 2.31. The second-order valence-corrected chi connectivity index (χ2v) is 6.09. The Morgan fingerprint density at radius 2 is 2.00 bits per heavy atom. The quantitative estimate of drug-likeness (QED) is 0.619. The molecule has 9 heteroatoms. The summed E-state index contributed by atoms with van der Waals surface area (Å²) in [5.74, 6) is -2.05. The van der Waals surface area contributed by atoms with Crippen LogP contribution in [0.25, 0.3) is 0 Å². The molecule has 0 aliphatic heterocycles. The van der Waals surface area contributed by atoms with Crippen molar-refractivity contribution in [2.24, 2.45) is 0 Å². The number of halogens is 3. The van der Waals surface area contributed by atoms with Gasteiger partial charge in [-0.3, -0.25) is 4.79 Å². The van der Waals surface area contributed by atoms with Gasteiger partial charge in [0.2, 0.25) is 10.0 Å². The van der Waals surface area contributed by atoms with Crippen molar-refractivity contribution in [2.75, 3.05) is 6.54 Å². The number of carbonyl (C=O) groups is 1. The van der Waals surface area contributed by atoms with Crippen molar-refractivity contribution in [1.82, 2.24) is 4.72 Å². The zero-order valence-electron chi connectivity index (χ0n) is 9.49. The van der Waals surface area contributed by atoms with Crippen LogP contribution >= 0.6 is 23.2 Å². The lowest BCUT2D eigenvalue weighted by molar-refractivity contribution is -0.137. The smallest absolute Gasteiger partial charge is 0.303 e. The number of carboxylic acids is 1. The molecule has 106 valence electrons. The maximum absolute atomic E-state index is 13.4. The first-order chi connectivity index (χ1) is 8.75. The molecule has 0 unspecified atom stereocenters. The van der Waals surface area contributed by atoms with Crippen molar-refractivity contribution in [3.05, 3.63) is 28.0 Å². The second-order valence-electron chi connectivity index (χ2n) is 3.57. The topological polar surface area (TPSA) is 83.5 Å². The number of hydrogen-bond donors (Lipinski definition) is 2. The number of hydrogen-bond acceptors (Lipinski definition) is 3. The zero-order valence-corrected chi connectivity index (χ0v) is 11.8. The Morgan fingerprint density at radius 1 is 1.37 bits per heavy atom. The Labute approximate surface area is 119 Å². The summed E-state index contributed by atoms with van der Waals surface area (Å²) in [6.07, 6.45) is -0.0620. The van der Waals surface area contributed by atoms with E-state index in [1.165, 1.54) is 0 Å². The SMILES string of the molecule is O=C(O)CCCNS(=O)(=O)c1ccc(Cl)c(F)c1Cl. The molecule has 0 aliphatic rings. The molecule has 0 amide bonds. The number of benzene rings is 1. The molecule has 0 spiro atoms. The van der Waals surface area contributed by atoms with Gasteiger partial charge in [-0.1, -0.05) is 23.2 Å². The van der Waals surface area contributed by atoms with E-state index >= 15 is 0 Å². The van der Waals surface area contributed by atoms with Crippen molar-refractivity contribution in [3.8, 4) is 0 Å². The van der Waals surface area contributed by atoms with Crippen molar-refractivity contribution in [3.63, 3.8) is 0 Å². The summed E-state index contributed by atoms with van der Waals surface area (Å²) in [5, 5.41) is 7.53. The van der Waals surface area contributed by atoms with Gasteiger partial charge in [-0.25, -0.2) is 17.5 Å². The molecule has 0 aromatic heterocycles. The van der Waals surface area contributed by atoms with Crippen LogP contribution < -0.4 is 4.72 Å². The van der Waals surface area contributed by atoms with E-state index in [1.54, 1.807) is 0 Å². The Hall–Kier alpha value is -0.890. The lowest BCUT2D eigenvalue weighted by Crippen LogP contribution is -2.25. The number of carboxylic acid groups (broad SMARTS) is 1. The summed E-state index contributed by atoms with van der Waals surface area (Å²) in [4.78, 5) is 9.83. The van der Waals surface area contributed by atoms with Gasteiger partial charge in [0.1, 0.15) is 4.90 Å². The van der Waals surface area contributed by atoms with Gasteiger partial charge in [0, 0.05) is 13.0 Å². The third kappa shape index (κ3) is 4.31. The van der Waals surface area contributed by atoms with E-state index in [0.717, 1.165) is 12.1 Å². The van der Waals surface area contributed by atoms with Crippen molar-refractivity contribution in [2.45, 2.75) is 17.7 Å². The lowest BCUT2D eigenvalue weighted by atomic mass is 10.3. The summed E-state index contributed by atoms with van der Waals surface area (Å²) in [5.41, 5.74) is 0. The van der Waals surface area contributed by atoms with Crippen molar-refractivity contribution >= 4 is 39.2 Å². The standard InChI is InChI=1S/C10H10Cl2FNO4S/c11-6-3-4-7(9(12)10(6)13)19(17,18)14-5-1-2-8(15)16/h3-4,14H,1-2,5H2,(H,15,16). The van der Waals surface area contributed by atoms with Crippen molar-refractivity contribution < 1.29 is 22.7 Å². The molecule has 0 heterocycles. The van der Waals surface area contributed by atoms with E-state index < -0.39 is 31.7 Å². The molecule has 0 saturated heterocycles. The molecular formula is C10H10Cl2FNO4S. The van der Waals surface area contributed by atoms with Crippen molar-refractivity contribution in [1.29, 1.82) is 0 Å². The Balaban J connectivity index is 2.84. The molecule has 0 saturated carbocycles. The Morgan fingerprint density at radius 3 is 2.58 bits per heavy atom. The minimum absolute atomic E-state index is 0.0881. The first-order valence-corrected chi connectivity index (χ1v) is 7.34. The van der Waals surface area contributed by atoms with Crippen LogP contribution in [0.1, 0.15) is 12.8 Å². The summed E-state index contributed by atoms with van der Waals surface area (Å²) < 4.78 is 39.1. The third-order valence-corrected chi connectivity index (χ3v) is 4.43. The summed E-state index contributed by atoms with van der Waals surface area (Å²) in [7, 11) is -4.00. The molecular weight excluding hydrogens is 320 g/mol.